The fourth-order valence-electron chi connectivity index (χ4n) is 0.513. The van der Waals surface area contributed by atoms with Crippen molar-refractivity contribution in [3.05, 3.63) is 22.8 Å². The summed E-state index contributed by atoms with van der Waals surface area (Å²) in [6.07, 6.45) is 1.70. The Labute approximate surface area is 62.8 Å². The van der Waals surface area contributed by atoms with Crippen LogP contribution in [0.5, 0.6) is 0 Å². The normalized spacial score (nSPS) is 13.6. The summed E-state index contributed by atoms with van der Waals surface area (Å²) in [5, 5.41) is 18.5. The van der Waals surface area contributed by atoms with Gasteiger partial charge in [0.1, 0.15) is 12.1 Å². The van der Waals surface area contributed by atoms with E-state index in [0.717, 1.165) is 0 Å². The van der Waals surface area contributed by atoms with E-state index in [4.69, 9.17) is 10.5 Å². The zero-order valence-electron chi connectivity index (χ0n) is 4.96. The molecule has 1 aliphatic heterocycles. The third-order valence-corrected chi connectivity index (χ3v) is 1.57. The lowest BCUT2D eigenvalue weighted by Gasteiger charge is -1.92. The van der Waals surface area contributed by atoms with Gasteiger partial charge in [-0.05, 0) is 23.4 Å². The van der Waals surface area contributed by atoms with E-state index in [2.05, 4.69) is 4.72 Å². The molecule has 0 saturated heterocycles. The Morgan fingerprint density at radius 1 is 1.50 bits per heavy atom. The minimum absolute atomic E-state index is 0.126. The number of rotatable bonds is 0. The first kappa shape index (κ1) is 6.73. The third kappa shape index (κ3) is 1.12. The molecule has 0 aromatic heterocycles. The second kappa shape index (κ2) is 2.95. The molecule has 48 valence electrons. The molecule has 0 radical (unpaired) electrons. The first-order valence-electron chi connectivity index (χ1n) is 2.51. The molecule has 0 spiro atoms. The molecule has 4 heteroatoms. The first-order valence-corrected chi connectivity index (χ1v) is 3.39. The number of nitrogens with zero attached hydrogens (tertiary/aromatic N) is 2. The number of hydrogen-bond acceptors (Lipinski definition) is 4. The van der Waals surface area contributed by atoms with Crippen molar-refractivity contribution in [1.29, 1.82) is 10.5 Å². The van der Waals surface area contributed by atoms with E-state index in [-0.39, 0.29) is 5.57 Å². The summed E-state index contributed by atoms with van der Waals surface area (Å²) in [4.78, 5) is 0. The SMILES string of the molecule is N#CC(C#N)=C1C=CSN1. The van der Waals surface area contributed by atoms with Crippen LogP contribution in [0.2, 0.25) is 0 Å². The number of hydrogen-bond donors (Lipinski definition) is 1. The Kier molecular flexibility index (Phi) is 1.99. The van der Waals surface area contributed by atoms with Crippen molar-refractivity contribution >= 4 is 11.9 Å². The highest BCUT2D eigenvalue weighted by molar-refractivity contribution is 8.00. The minimum Gasteiger partial charge on any atom is -0.324 e. The Morgan fingerprint density at radius 3 is 2.60 bits per heavy atom. The molecule has 3 nitrogen and oxygen atoms in total. The van der Waals surface area contributed by atoms with Gasteiger partial charge in [-0.15, -0.1) is 0 Å². The number of nitrogens with one attached hydrogen (secondary N) is 1. The Bertz CT molecular complexity index is 260. The van der Waals surface area contributed by atoms with Crippen LogP contribution < -0.4 is 4.72 Å². The number of allylic oxidation sites excluding steroid dienone is 2. The maximum Gasteiger partial charge on any atom is 0.153 e. The van der Waals surface area contributed by atoms with Gasteiger partial charge in [0.15, 0.2) is 5.57 Å². The van der Waals surface area contributed by atoms with Gasteiger partial charge in [0.05, 0.1) is 5.70 Å². The van der Waals surface area contributed by atoms with Crippen LogP contribution in [0, 0.1) is 22.7 Å². The van der Waals surface area contributed by atoms with Gasteiger partial charge >= 0.3 is 0 Å². The molecule has 1 heterocycles. The Hall–Kier alpha value is -1.39. The Balaban J connectivity index is 2.97. The molecular formula is C6H3N3S. The zero-order chi connectivity index (χ0) is 7.40. The van der Waals surface area contributed by atoms with E-state index >= 15 is 0 Å². The largest absolute Gasteiger partial charge is 0.324 e. The topological polar surface area (TPSA) is 59.6 Å². The lowest BCUT2D eigenvalue weighted by atomic mass is 10.2. The third-order valence-electron chi connectivity index (χ3n) is 0.965. The maximum atomic E-state index is 8.37. The molecule has 0 amide bonds. The van der Waals surface area contributed by atoms with Gasteiger partial charge in [-0.25, -0.2) is 0 Å². The predicted octanol–water partition coefficient (Wildman–Crippen LogP) is 1.05. The molecule has 0 unspecified atom stereocenters. The lowest BCUT2D eigenvalue weighted by molar-refractivity contribution is 1.28. The zero-order valence-corrected chi connectivity index (χ0v) is 5.77. The van der Waals surface area contributed by atoms with Gasteiger partial charge < -0.3 is 4.72 Å². The molecule has 0 aromatic rings. The highest BCUT2D eigenvalue weighted by Crippen LogP contribution is 2.15. The van der Waals surface area contributed by atoms with Gasteiger partial charge in [0.25, 0.3) is 0 Å². The molecule has 1 aliphatic rings. The molecular weight excluding hydrogens is 146 g/mol. The summed E-state index contributed by atoms with van der Waals surface area (Å²) in [5.74, 6) is 0. The summed E-state index contributed by atoms with van der Waals surface area (Å²) in [6.45, 7) is 0. The maximum absolute atomic E-state index is 8.37. The van der Waals surface area contributed by atoms with Crippen molar-refractivity contribution in [3.63, 3.8) is 0 Å². The summed E-state index contributed by atoms with van der Waals surface area (Å²) in [6, 6.07) is 3.57. The van der Waals surface area contributed by atoms with Crippen molar-refractivity contribution < 1.29 is 0 Å². The van der Waals surface area contributed by atoms with Crippen LogP contribution in [0.4, 0.5) is 0 Å². The average Bonchev–Trinajstić information content (AvgIpc) is 2.43. The van der Waals surface area contributed by atoms with Crippen LogP contribution in [0.25, 0.3) is 0 Å². The standard InChI is InChI=1S/C6H3N3S/c7-3-5(4-8)6-1-2-10-9-6/h1-2,9H. The van der Waals surface area contributed by atoms with Gasteiger partial charge in [0.2, 0.25) is 0 Å². The monoisotopic (exact) mass is 149 g/mol. The van der Waals surface area contributed by atoms with Crippen molar-refractivity contribution in [2.24, 2.45) is 0 Å². The number of nitriles is 2. The molecule has 0 aromatic carbocycles. The van der Waals surface area contributed by atoms with Crippen LogP contribution in [0.1, 0.15) is 0 Å². The van der Waals surface area contributed by atoms with Crippen LogP contribution in [0.3, 0.4) is 0 Å². The first-order chi connectivity index (χ1) is 4.88. The van der Waals surface area contributed by atoms with Gasteiger partial charge in [-0.2, -0.15) is 10.5 Å². The quantitative estimate of drug-likeness (QED) is 0.413. The smallest absolute Gasteiger partial charge is 0.153 e. The average molecular weight is 149 g/mol. The van der Waals surface area contributed by atoms with E-state index in [1.165, 1.54) is 11.9 Å². The van der Waals surface area contributed by atoms with E-state index in [1.54, 1.807) is 23.6 Å². The minimum atomic E-state index is 0.126. The fraction of sp³-hybridized carbons (Fsp3) is 0. The molecule has 0 saturated carbocycles. The van der Waals surface area contributed by atoms with Crippen LogP contribution in [-0.4, -0.2) is 0 Å². The van der Waals surface area contributed by atoms with Crippen molar-refractivity contribution in [1.82, 2.24) is 4.72 Å². The molecule has 0 aliphatic carbocycles. The Morgan fingerprint density at radius 2 is 2.20 bits per heavy atom. The molecule has 10 heavy (non-hydrogen) atoms. The molecule has 1 N–H and O–H groups in total. The summed E-state index contributed by atoms with van der Waals surface area (Å²) in [7, 11) is 0. The summed E-state index contributed by atoms with van der Waals surface area (Å²) >= 11 is 1.35. The summed E-state index contributed by atoms with van der Waals surface area (Å²) in [5.41, 5.74) is 0.719. The van der Waals surface area contributed by atoms with Gasteiger partial charge in [-0.3, -0.25) is 0 Å². The van der Waals surface area contributed by atoms with E-state index in [1.807, 2.05) is 0 Å². The molecule has 0 atom stereocenters. The lowest BCUT2D eigenvalue weighted by Crippen LogP contribution is -1.96. The second-order valence-corrected chi connectivity index (χ2v) is 2.25. The van der Waals surface area contributed by atoms with Crippen LogP contribution in [0.15, 0.2) is 22.8 Å². The molecule has 0 fully saturated rings. The van der Waals surface area contributed by atoms with Crippen LogP contribution in [-0.2, 0) is 0 Å². The van der Waals surface area contributed by atoms with Crippen molar-refractivity contribution in [3.8, 4) is 12.1 Å². The highest BCUT2D eigenvalue weighted by Gasteiger charge is 2.05. The van der Waals surface area contributed by atoms with Crippen LogP contribution >= 0.6 is 11.9 Å². The van der Waals surface area contributed by atoms with Crippen molar-refractivity contribution in [2.75, 3.05) is 0 Å². The second-order valence-electron chi connectivity index (χ2n) is 1.53. The highest BCUT2D eigenvalue weighted by atomic mass is 32.2. The predicted molar refractivity (Wildman–Crippen MR) is 38.1 cm³/mol. The van der Waals surface area contributed by atoms with Gasteiger partial charge in [-0.1, -0.05) is 0 Å². The molecule has 1 rings (SSSR count). The van der Waals surface area contributed by atoms with Gasteiger partial charge in [0, 0.05) is 0 Å². The van der Waals surface area contributed by atoms with Crippen molar-refractivity contribution in [2.45, 2.75) is 0 Å². The van der Waals surface area contributed by atoms with E-state index < -0.39 is 0 Å². The fourth-order valence-corrected chi connectivity index (χ4v) is 1.08. The summed E-state index contributed by atoms with van der Waals surface area (Å²) < 4.78 is 2.80. The molecule has 0 bridgehead atoms. The van der Waals surface area contributed by atoms with E-state index in [0.29, 0.717) is 5.70 Å². The van der Waals surface area contributed by atoms with E-state index in [9.17, 15) is 0 Å².